The monoisotopic (exact) mass is 411 g/mol. The minimum atomic E-state index is -3.96. The standard InChI is InChI=1S/C20H17N3O5S/c1-11-5-15-13(7-19(24)28-18(15)6-12(11)2)9-23-10-22-17-4-3-14(29(21,26)27)8-16(17)20(23)25/h3-8,10H,9H2,1-2H3,(H2,21,26,27). The smallest absolute Gasteiger partial charge is 0.336 e. The predicted octanol–water partition coefficient (Wildman–Crippen LogP) is 1.82. The van der Waals surface area contributed by atoms with E-state index in [0.717, 1.165) is 16.5 Å². The van der Waals surface area contributed by atoms with Gasteiger partial charge in [-0.25, -0.2) is 23.3 Å². The van der Waals surface area contributed by atoms with Crippen molar-refractivity contribution in [1.29, 1.82) is 0 Å². The number of hydrogen-bond donors (Lipinski definition) is 1. The van der Waals surface area contributed by atoms with E-state index in [1.54, 1.807) is 6.07 Å². The average molecular weight is 411 g/mol. The number of nitrogens with two attached hydrogens (primary N) is 1. The molecule has 2 aromatic carbocycles. The third-order valence-electron chi connectivity index (χ3n) is 4.91. The van der Waals surface area contributed by atoms with Crippen LogP contribution < -0.4 is 16.3 Å². The van der Waals surface area contributed by atoms with Crippen molar-refractivity contribution in [2.24, 2.45) is 5.14 Å². The Morgan fingerprint density at radius 2 is 1.76 bits per heavy atom. The lowest BCUT2D eigenvalue weighted by molar-refractivity contribution is 0.557. The van der Waals surface area contributed by atoms with Gasteiger partial charge in [-0.3, -0.25) is 9.36 Å². The first-order valence-corrected chi connectivity index (χ1v) is 10.2. The van der Waals surface area contributed by atoms with Gasteiger partial charge in [0.15, 0.2) is 0 Å². The maximum atomic E-state index is 12.9. The number of sulfonamides is 1. The molecular formula is C20H17N3O5S. The van der Waals surface area contributed by atoms with Crippen molar-refractivity contribution in [2.75, 3.05) is 0 Å². The van der Waals surface area contributed by atoms with E-state index in [0.29, 0.717) is 16.7 Å². The van der Waals surface area contributed by atoms with E-state index in [1.807, 2.05) is 19.9 Å². The van der Waals surface area contributed by atoms with Crippen LogP contribution in [0.25, 0.3) is 21.9 Å². The van der Waals surface area contributed by atoms with Crippen LogP contribution in [0, 0.1) is 13.8 Å². The zero-order chi connectivity index (χ0) is 20.9. The molecule has 0 aliphatic heterocycles. The fraction of sp³-hybridized carbons (Fsp3) is 0.150. The molecule has 0 aliphatic carbocycles. The largest absolute Gasteiger partial charge is 0.423 e. The van der Waals surface area contributed by atoms with Crippen LogP contribution in [0.1, 0.15) is 16.7 Å². The third kappa shape index (κ3) is 3.45. The van der Waals surface area contributed by atoms with Gasteiger partial charge in [-0.15, -0.1) is 0 Å². The molecule has 0 saturated heterocycles. The zero-order valence-electron chi connectivity index (χ0n) is 15.7. The Balaban J connectivity index is 1.91. The fourth-order valence-corrected chi connectivity index (χ4v) is 3.76. The maximum Gasteiger partial charge on any atom is 0.336 e. The summed E-state index contributed by atoms with van der Waals surface area (Å²) < 4.78 is 29.8. The molecule has 0 unspecified atom stereocenters. The first-order chi connectivity index (χ1) is 13.6. The lowest BCUT2D eigenvalue weighted by atomic mass is 10.0. The van der Waals surface area contributed by atoms with Gasteiger partial charge >= 0.3 is 5.63 Å². The van der Waals surface area contributed by atoms with Crippen molar-refractivity contribution in [3.05, 3.63) is 80.2 Å². The molecule has 2 aromatic heterocycles. The molecule has 0 bridgehead atoms. The summed E-state index contributed by atoms with van der Waals surface area (Å²) in [7, 11) is -3.96. The summed E-state index contributed by atoms with van der Waals surface area (Å²) in [6, 6.07) is 8.97. The van der Waals surface area contributed by atoms with Gasteiger partial charge in [0.25, 0.3) is 5.56 Å². The van der Waals surface area contributed by atoms with Gasteiger partial charge in [-0.05, 0) is 60.9 Å². The highest BCUT2D eigenvalue weighted by atomic mass is 32.2. The molecule has 2 heterocycles. The number of primary sulfonamides is 1. The van der Waals surface area contributed by atoms with Gasteiger partial charge in [-0.1, -0.05) is 0 Å². The number of rotatable bonds is 3. The zero-order valence-corrected chi connectivity index (χ0v) is 16.5. The van der Waals surface area contributed by atoms with Gasteiger partial charge in [0, 0.05) is 11.5 Å². The van der Waals surface area contributed by atoms with Crippen LogP contribution in [0.3, 0.4) is 0 Å². The van der Waals surface area contributed by atoms with Gasteiger partial charge < -0.3 is 4.42 Å². The number of benzene rings is 2. The van der Waals surface area contributed by atoms with E-state index in [-0.39, 0.29) is 16.8 Å². The van der Waals surface area contributed by atoms with Crippen molar-refractivity contribution < 1.29 is 12.8 Å². The average Bonchev–Trinajstić information content (AvgIpc) is 2.64. The van der Waals surface area contributed by atoms with Crippen molar-refractivity contribution in [2.45, 2.75) is 25.3 Å². The van der Waals surface area contributed by atoms with E-state index < -0.39 is 21.2 Å². The van der Waals surface area contributed by atoms with Crippen molar-refractivity contribution >= 4 is 31.9 Å². The minimum absolute atomic E-state index is 0.0754. The summed E-state index contributed by atoms with van der Waals surface area (Å²) in [6.07, 6.45) is 1.36. The molecular weight excluding hydrogens is 394 g/mol. The molecule has 2 N–H and O–H groups in total. The molecule has 0 aliphatic rings. The lowest BCUT2D eigenvalue weighted by Crippen LogP contribution is -2.22. The van der Waals surface area contributed by atoms with Crippen LogP contribution in [0.5, 0.6) is 0 Å². The number of aryl methyl sites for hydroxylation is 2. The van der Waals surface area contributed by atoms with Crippen molar-refractivity contribution in [3.63, 3.8) is 0 Å². The van der Waals surface area contributed by atoms with E-state index >= 15 is 0 Å². The Morgan fingerprint density at radius 3 is 2.48 bits per heavy atom. The highest BCUT2D eigenvalue weighted by molar-refractivity contribution is 7.89. The molecule has 8 nitrogen and oxygen atoms in total. The normalized spacial score (nSPS) is 12.0. The number of aromatic nitrogens is 2. The molecule has 4 rings (SSSR count). The Hall–Kier alpha value is -3.30. The second kappa shape index (κ2) is 6.64. The molecule has 4 aromatic rings. The van der Waals surface area contributed by atoms with E-state index in [2.05, 4.69) is 4.98 Å². The molecule has 0 atom stereocenters. The molecule has 0 saturated carbocycles. The Bertz CT molecular complexity index is 1520. The molecule has 29 heavy (non-hydrogen) atoms. The minimum Gasteiger partial charge on any atom is -0.423 e. The summed E-state index contributed by atoms with van der Waals surface area (Å²) in [5, 5.41) is 6.01. The molecule has 0 spiro atoms. The second-order valence-corrected chi connectivity index (χ2v) is 8.49. The lowest BCUT2D eigenvalue weighted by Gasteiger charge is -2.11. The van der Waals surface area contributed by atoms with Crippen molar-refractivity contribution in [1.82, 2.24) is 9.55 Å². The Kier molecular flexibility index (Phi) is 4.36. The summed E-state index contributed by atoms with van der Waals surface area (Å²) in [5.41, 5.74) is 2.44. The summed E-state index contributed by atoms with van der Waals surface area (Å²) in [4.78, 5) is 29.0. The molecule has 0 fully saturated rings. The summed E-state index contributed by atoms with van der Waals surface area (Å²) in [6.45, 7) is 3.94. The highest BCUT2D eigenvalue weighted by Crippen LogP contribution is 2.22. The van der Waals surface area contributed by atoms with Gasteiger partial charge in [0.2, 0.25) is 10.0 Å². The quantitative estimate of drug-likeness (QED) is 0.513. The number of fused-ring (bicyclic) bond motifs is 2. The number of nitrogens with zero attached hydrogens (tertiary/aromatic N) is 2. The maximum absolute atomic E-state index is 12.9. The molecule has 9 heteroatoms. The van der Waals surface area contributed by atoms with Crippen molar-refractivity contribution in [3.8, 4) is 0 Å². The topological polar surface area (TPSA) is 125 Å². The van der Waals surface area contributed by atoms with Gasteiger partial charge in [0.1, 0.15) is 5.58 Å². The SMILES string of the molecule is Cc1cc2oc(=O)cc(Cn3cnc4ccc(S(N)(=O)=O)cc4c3=O)c2cc1C. The number of hydrogen-bond acceptors (Lipinski definition) is 6. The second-order valence-electron chi connectivity index (χ2n) is 6.92. The van der Waals surface area contributed by atoms with Crippen LogP contribution >= 0.6 is 0 Å². The summed E-state index contributed by atoms with van der Waals surface area (Å²) in [5.74, 6) is 0. The molecule has 148 valence electrons. The summed E-state index contributed by atoms with van der Waals surface area (Å²) >= 11 is 0. The predicted molar refractivity (Wildman–Crippen MR) is 108 cm³/mol. The Morgan fingerprint density at radius 1 is 1.03 bits per heavy atom. The van der Waals surface area contributed by atoms with Crippen LogP contribution in [-0.4, -0.2) is 18.0 Å². The van der Waals surface area contributed by atoms with Crippen LogP contribution in [0.2, 0.25) is 0 Å². The first-order valence-electron chi connectivity index (χ1n) is 8.69. The van der Waals surface area contributed by atoms with Gasteiger partial charge in [-0.2, -0.15) is 0 Å². The molecule has 0 radical (unpaired) electrons. The first kappa shape index (κ1) is 19.0. The third-order valence-corrected chi connectivity index (χ3v) is 5.82. The van der Waals surface area contributed by atoms with E-state index in [4.69, 9.17) is 9.56 Å². The van der Waals surface area contributed by atoms with Crippen LogP contribution in [0.15, 0.2) is 61.6 Å². The van der Waals surface area contributed by atoms with Gasteiger partial charge in [0.05, 0.1) is 28.7 Å². The highest BCUT2D eigenvalue weighted by Gasteiger charge is 2.13. The Labute approximate surface area is 165 Å². The van der Waals surface area contributed by atoms with E-state index in [9.17, 15) is 18.0 Å². The molecule has 0 amide bonds. The van der Waals surface area contributed by atoms with Crippen LogP contribution in [0.4, 0.5) is 0 Å². The van der Waals surface area contributed by atoms with Crippen LogP contribution in [-0.2, 0) is 16.6 Å². The fourth-order valence-electron chi connectivity index (χ4n) is 3.22. The van der Waals surface area contributed by atoms with E-state index in [1.165, 1.54) is 35.2 Å².